The molecular weight excluding hydrogens is 491 g/mol. The van der Waals surface area contributed by atoms with Crippen LogP contribution in [0.25, 0.3) is 0 Å². The van der Waals surface area contributed by atoms with Crippen LogP contribution in [0.3, 0.4) is 0 Å². The number of guanidine groups is 1. The fraction of sp³-hybridized carbons (Fsp3) is 0.300. The highest BCUT2D eigenvalue weighted by Gasteiger charge is 2.07. The molecule has 0 bridgehead atoms. The summed E-state index contributed by atoms with van der Waals surface area (Å²) in [6.45, 7) is 0.849. The Kier molecular flexibility index (Phi) is 10.5. The molecule has 0 atom stereocenters. The van der Waals surface area contributed by atoms with Gasteiger partial charge in [-0.2, -0.15) is 0 Å². The molecule has 0 fully saturated rings. The topological polar surface area (TPSA) is 68.8 Å². The first-order valence-electron chi connectivity index (χ1n) is 8.79. The zero-order valence-corrected chi connectivity index (χ0v) is 19.0. The molecule has 1 amide bonds. The minimum atomic E-state index is -0.491. The van der Waals surface area contributed by atoms with Gasteiger partial charge in [-0.1, -0.05) is 12.1 Å². The van der Waals surface area contributed by atoms with E-state index < -0.39 is 11.6 Å². The quantitative estimate of drug-likeness (QED) is 0.300. The van der Waals surface area contributed by atoms with Crippen molar-refractivity contribution in [2.75, 3.05) is 33.0 Å². The number of hydrogen-bond donors (Lipinski definition) is 3. The molecule has 0 aliphatic rings. The first-order valence-corrected chi connectivity index (χ1v) is 8.79. The number of benzene rings is 2. The number of nitrogens with zero attached hydrogens (tertiary/aromatic N) is 2. The molecule has 2 rings (SSSR count). The van der Waals surface area contributed by atoms with Gasteiger partial charge in [0.1, 0.15) is 11.6 Å². The maximum absolute atomic E-state index is 13.7. The number of carbonyl (C=O) groups excluding carboxylic acids is 1. The molecule has 6 nitrogen and oxygen atoms in total. The van der Waals surface area contributed by atoms with E-state index >= 15 is 0 Å². The van der Waals surface area contributed by atoms with Crippen molar-refractivity contribution in [3.05, 3.63) is 65.2 Å². The smallest absolute Gasteiger partial charge is 0.238 e. The second-order valence-corrected chi connectivity index (χ2v) is 6.50. The number of nitrogens with one attached hydrogen (secondary N) is 3. The van der Waals surface area contributed by atoms with Crippen molar-refractivity contribution in [3.63, 3.8) is 0 Å². The predicted octanol–water partition coefficient (Wildman–Crippen LogP) is 2.95. The lowest BCUT2D eigenvalue weighted by molar-refractivity contribution is -0.116. The Hall–Kier alpha value is -2.27. The van der Waals surface area contributed by atoms with Crippen molar-refractivity contribution in [2.24, 2.45) is 4.99 Å². The van der Waals surface area contributed by atoms with E-state index in [0.717, 1.165) is 23.8 Å². The van der Waals surface area contributed by atoms with E-state index in [1.807, 2.05) is 38.4 Å². The Morgan fingerprint density at radius 3 is 2.48 bits per heavy atom. The summed E-state index contributed by atoms with van der Waals surface area (Å²) in [4.78, 5) is 17.7. The van der Waals surface area contributed by atoms with Gasteiger partial charge in [-0.05, 0) is 50.0 Å². The lowest BCUT2D eigenvalue weighted by Gasteiger charge is -2.14. The van der Waals surface area contributed by atoms with E-state index in [2.05, 4.69) is 20.9 Å². The normalized spacial score (nSPS) is 11.0. The maximum Gasteiger partial charge on any atom is 0.238 e. The fourth-order valence-corrected chi connectivity index (χ4v) is 2.51. The van der Waals surface area contributed by atoms with Crippen molar-refractivity contribution in [2.45, 2.75) is 13.1 Å². The largest absolute Gasteiger partial charge is 0.352 e. The first kappa shape index (κ1) is 24.8. The third kappa shape index (κ3) is 8.73. The molecule has 2 aromatic rings. The summed E-state index contributed by atoms with van der Waals surface area (Å²) in [5.41, 5.74) is 1.85. The third-order valence-electron chi connectivity index (χ3n) is 3.81. The molecule has 0 aliphatic carbocycles. The Labute approximate surface area is 186 Å². The van der Waals surface area contributed by atoms with Crippen molar-refractivity contribution in [1.82, 2.24) is 15.5 Å². The van der Waals surface area contributed by atoms with Crippen LogP contribution in [-0.4, -0.2) is 44.5 Å². The van der Waals surface area contributed by atoms with Gasteiger partial charge < -0.3 is 20.9 Å². The Morgan fingerprint density at radius 1 is 1.07 bits per heavy atom. The summed E-state index contributed by atoms with van der Waals surface area (Å²) < 4.78 is 26.9. The number of carbonyl (C=O) groups is 1. The van der Waals surface area contributed by atoms with Gasteiger partial charge in [-0.15, -0.1) is 24.0 Å². The van der Waals surface area contributed by atoms with Crippen LogP contribution in [0.2, 0.25) is 0 Å². The minimum Gasteiger partial charge on any atom is -0.352 e. The molecule has 158 valence electrons. The molecule has 0 aliphatic heterocycles. The van der Waals surface area contributed by atoms with Gasteiger partial charge in [0.2, 0.25) is 5.91 Å². The predicted molar refractivity (Wildman–Crippen MR) is 122 cm³/mol. The number of rotatable bonds is 7. The summed E-state index contributed by atoms with van der Waals surface area (Å²) in [7, 11) is 5.25. The summed E-state index contributed by atoms with van der Waals surface area (Å²) in [6, 6.07) is 10.8. The molecule has 3 N–H and O–H groups in total. The highest BCUT2D eigenvalue weighted by atomic mass is 127. The van der Waals surface area contributed by atoms with Gasteiger partial charge >= 0.3 is 0 Å². The van der Waals surface area contributed by atoms with Crippen molar-refractivity contribution in [3.8, 4) is 0 Å². The molecule has 0 heterocycles. The summed E-state index contributed by atoms with van der Waals surface area (Å²) in [5, 5.41) is 8.90. The molecule has 0 unspecified atom stereocenters. The number of aliphatic imine (C=N–C) groups is 1. The minimum absolute atomic E-state index is 0. The van der Waals surface area contributed by atoms with Crippen LogP contribution in [0.4, 0.5) is 14.5 Å². The highest BCUT2D eigenvalue weighted by molar-refractivity contribution is 14.0. The van der Waals surface area contributed by atoms with E-state index in [1.54, 1.807) is 11.9 Å². The molecule has 0 saturated carbocycles. The van der Waals surface area contributed by atoms with Gasteiger partial charge in [0, 0.05) is 31.4 Å². The van der Waals surface area contributed by atoms with E-state index in [0.29, 0.717) is 24.7 Å². The Bertz CT molecular complexity index is 845. The van der Waals surface area contributed by atoms with Crippen molar-refractivity contribution >= 4 is 41.5 Å². The fourth-order valence-electron chi connectivity index (χ4n) is 2.51. The van der Waals surface area contributed by atoms with E-state index in [9.17, 15) is 13.6 Å². The standard InChI is InChI=1S/C20H25F2N5O.HI/c1-23-20(25-12-15-10-16(21)7-8-18(15)22)24-11-14-5-4-6-17(9-14)26-19(28)13-27(2)3;/h4-10H,11-13H2,1-3H3,(H,26,28)(H2,23,24,25);1H. The van der Waals surface area contributed by atoms with Crippen LogP contribution >= 0.6 is 24.0 Å². The van der Waals surface area contributed by atoms with Crippen LogP contribution in [0.5, 0.6) is 0 Å². The average molecular weight is 517 g/mol. The Morgan fingerprint density at radius 2 is 1.79 bits per heavy atom. The van der Waals surface area contributed by atoms with Crippen LogP contribution < -0.4 is 16.0 Å². The SMILES string of the molecule is CN=C(NCc1cccc(NC(=O)CN(C)C)c1)NCc1cc(F)ccc1F.I. The summed E-state index contributed by atoms with van der Waals surface area (Å²) in [6.07, 6.45) is 0. The van der Waals surface area contributed by atoms with Crippen molar-refractivity contribution in [1.29, 1.82) is 0 Å². The number of likely N-dealkylation sites (N-methyl/N-ethyl adjacent to an activating group) is 1. The van der Waals surface area contributed by atoms with Crippen LogP contribution in [-0.2, 0) is 17.9 Å². The lowest BCUT2D eigenvalue weighted by Crippen LogP contribution is -2.36. The van der Waals surface area contributed by atoms with Crippen molar-refractivity contribution < 1.29 is 13.6 Å². The first-order chi connectivity index (χ1) is 13.4. The van der Waals surface area contributed by atoms with Crippen LogP contribution in [0, 0.1) is 11.6 Å². The second kappa shape index (κ2) is 12.3. The van der Waals surface area contributed by atoms with Gasteiger partial charge in [-0.25, -0.2) is 8.78 Å². The number of halogens is 3. The molecule has 29 heavy (non-hydrogen) atoms. The number of amides is 1. The van der Waals surface area contributed by atoms with E-state index in [-0.39, 0.29) is 42.0 Å². The third-order valence-corrected chi connectivity index (χ3v) is 3.81. The molecule has 0 spiro atoms. The molecular formula is C20H26F2IN5O. The summed E-state index contributed by atoms with van der Waals surface area (Å²) >= 11 is 0. The molecule has 0 saturated heterocycles. The monoisotopic (exact) mass is 517 g/mol. The van der Waals surface area contributed by atoms with Crippen LogP contribution in [0.15, 0.2) is 47.5 Å². The van der Waals surface area contributed by atoms with Crippen LogP contribution in [0.1, 0.15) is 11.1 Å². The van der Waals surface area contributed by atoms with Gasteiger partial charge in [0.15, 0.2) is 5.96 Å². The average Bonchev–Trinajstić information content (AvgIpc) is 2.64. The highest BCUT2D eigenvalue weighted by Crippen LogP contribution is 2.11. The zero-order valence-electron chi connectivity index (χ0n) is 16.6. The van der Waals surface area contributed by atoms with E-state index in [1.165, 1.54) is 0 Å². The number of hydrogen-bond acceptors (Lipinski definition) is 3. The second-order valence-electron chi connectivity index (χ2n) is 6.50. The van der Waals surface area contributed by atoms with Gasteiger partial charge in [0.05, 0.1) is 6.54 Å². The van der Waals surface area contributed by atoms with E-state index in [4.69, 9.17) is 0 Å². The number of anilines is 1. The Balaban J connectivity index is 0.00000420. The van der Waals surface area contributed by atoms with Gasteiger partial charge in [0.25, 0.3) is 0 Å². The lowest BCUT2D eigenvalue weighted by atomic mass is 10.2. The maximum atomic E-state index is 13.7. The molecule has 2 aromatic carbocycles. The molecule has 9 heteroatoms. The zero-order chi connectivity index (χ0) is 20.5. The van der Waals surface area contributed by atoms with Gasteiger partial charge in [-0.3, -0.25) is 9.79 Å². The molecule has 0 radical (unpaired) electrons. The molecule has 0 aromatic heterocycles. The summed E-state index contributed by atoms with van der Waals surface area (Å²) in [5.74, 6) is -0.616.